The maximum atomic E-state index is 12.8. The van der Waals surface area contributed by atoms with Gasteiger partial charge >= 0.3 is 6.09 Å². The Balaban J connectivity index is 1.42. The van der Waals surface area contributed by atoms with Gasteiger partial charge in [-0.3, -0.25) is 14.8 Å². The van der Waals surface area contributed by atoms with E-state index in [1.165, 1.54) is 11.3 Å². The summed E-state index contributed by atoms with van der Waals surface area (Å²) >= 11 is 1.50. The van der Waals surface area contributed by atoms with Gasteiger partial charge in [0.05, 0.1) is 12.2 Å². The van der Waals surface area contributed by atoms with E-state index in [0.29, 0.717) is 31.6 Å². The van der Waals surface area contributed by atoms with Crippen LogP contribution in [0.5, 0.6) is 0 Å². The number of rotatable bonds is 7. The smallest absolute Gasteiger partial charge is 0.410 e. The minimum atomic E-state index is -0.363. The first-order valence-corrected chi connectivity index (χ1v) is 12.1. The summed E-state index contributed by atoms with van der Waals surface area (Å²) in [5.74, 6) is 0.0794. The van der Waals surface area contributed by atoms with E-state index in [2.05, 4.69) is 22.2 Å². The summed E-state index contributed by atoms with van der Waals surface area (Å²) in [6.45, 7) is 3.19. The van der Waals surface area contributed by atoms with E-state index in [-0.39, 0.29) is 24.5 Å². The van der Waals surface area contributed by atoms with Crippen LogP contribution in [0.15, 0.2) is 59.7 Å². The highest BCUT2D eigenvalue weighted by atomic mass is 32.1. The van der Waals surface area contributed by atoms with E-state index in [1.807, 2.05) is 48.5 Å². The molecular weight excluding hydrogens is 448 g/mol. The zero-order valence-corrected chi connectivity index (χ0v) is 20.2. The van der Waals surface area contributed by atoms with E-state index < -0.39 is 0 Å². The number of benzene rings is 1. The lowest BCUT2D eigenvalue weighted by molar-refractivity contribution is -0.116. The van der Waals surface area contributed by atoms with Crippen molar-refractivity contribution in [1.82, 2.24) is 9.88 Å². The molecule has 7 nitrogen and oxygen atoms in total. The van der Waals surface area contributed by atoms with Crippen LogP contribution in [-0.4, -0.2) is 41.7 Å². The van der Waals surface area contributed by atoms with Gasteiger partial charge in [0, 0.05) is 42.9 Å². The van der Waals surface area contributed by atoms with Crippen molar-refractivity contribution in [2.45, 2.75) is 38.8 Å². The fourth-order valence-corrected chi connectivity index (χ4v) is 5.26. The second kappa shape index (κ2) is 11.1. The SMILES string of the molecule is CN=Cc1c(NC(=O)CC(C)c2ccccc2)sc2c1CCN(C(=O)OCc1ccccn1)C2. The summed E-state index contributed by atoms with van der Waals surface area (Å²) in [7, 11) is 1.72. The molecule has 1 atom stereocenters. The topological polar surface area (TPSA) is 83.9 Å². The maximum Gasteiger partial charge on any atom is 0.410 e. The lowest BCUT2D eigenvalue weighted by atomic mass is 9.97. The average molecular weight is 477 g/mol. The molecule has 0 saturated carbocycles. The predicted molar refractivity (Wildman–Crippen MR) is 134 cm³/mol. The molecule has 0 spiro atoms. The predicted octanol–water partition coefficient (Wildman–Crippen LogP) is 5.02. The number of nitrogens with one attached hydrogen (secondary N) is 1. The van der Waals surface area contributed by atoms with Crippen molar-refractivity contribution in [3.8, 4) is 0 Å². The van der Waals surface area contributed by atoms with Gasteiger partial charge in [-0.2, -0.15) is 0 Å². The van der Waals surface area contributed by atoms with Crippen LogP contribution < -0.4 is 5.32 Å². The van der Waals surface area contributed by atoms with Crippen LogP contribution in [0.1, 0.15) is 46.5 Å². The number of aliphatic imine (C=N–C) groups is 1. The standard InChI is InChI=1S/C26H28N4O3S/c1-18(19-8-4-3-5-9-19)14-24(31)29-25-22(15-27-2)21-11-13-30(16-23(21)34-25)26(32)33-17-20-10-6-7-12-28-20/h3-10,12,15,18H,11,13-14,16-17H2,1-2H3,(H,29,31). The van der Waals surface area contributed by atoms with Crippen molar-refractivity contribution in [1.29, 1.82) is 0 Å². The zero-order valence-electron chi connectivity index (χ0n) is 19.4. The van der Waals surface area contributed by atoms with E-state index >= 15 is 0 Å². The van der Waals surface area contributed by atoms with Gasteiger partial charge < -0.3 is 15.0 Å². The molecule has 1 aromatic carbocycles. The molecule has 1 N–H and O–H groups in total. The third-order valence-electron chi connectivity index (χ3n) is 5.80. The summed E-state index contributed by atoms with van der Waals surface area (Å²) in [5, 5.41) is 3.87. The average Bonchev–Trinajstić information content (AvgIpc) is 3.19. The lowest BCUT2D eigenvalue weighted by Gasteiger charge is -2.26. The van der Waals surface area contributed by atoms with E-state index in [9.17, 15) is 9.59 Å². The minimum Gasteiger partial charge on any atom is -0.443 e. The minimum absolute atomic E-state index is 0.0349. The summed E-state index contributed by atoms with van der Waals surface area (Å²) in [6.07, 6.45) is 4.18. The molecule has 176 valence electrons. The Morgan fingerprint density at radius 2 is 2.03 bits per heavy atom. The number of hydrogen-bond donors (Lipinski definition) is 1. The number of carbonyl (C=O) groups excluding carboxylic acids is 2. The first-order chi connectivity index (χ1) is 16.5. The van der Waals surface area contributed by atoms with Crippen molar-refractivity contribution in [3.63, 3.8) is 0 Å². The molecule has 2 aromatic heterocycles. The van der Waals surface area contributed by atoms with Crippen LogP contribution in [0, 0.1) is 0 Å². The lowest BCUT2D eigenvalue weighted by Crippen LogP contribution is -2.35. The first kappa shape index (κ1) is 23.6. The van der Waals surface area contributed by atoms with Gasteiger partial charge in [0.15, 0.2) is 0 Å². The highest BCUT2D eigenvalue weighted by Gasteiger charge is 2.28. The van der Waals surface area contributed by atoms with Gasteiger partial charge in [0.1, 0.15) is 11.6 Å². The van der Waals surface area contributed by atoms with Crippen molar-refractivity contribution in [3.05, 3.63) is 82.0 Å². The van der Waals surface area contributed by atoms with Gasteiger partial charge in [-0.05, 0) is 35.6 Å². The number of anilines is 1. The quantitative estimate of drug-likeness (QED) is 0.486. The Bertz CT molecular complexity index is 1160. The van der Waals surface area contributed by atoms with Gasteiger partial charge in [-0.25, -0.2) is 4.79 Å². The molecular formula is C26H28N4O3S. The molecule has 2 amide bonds. The van der Waals surface area contributed by atoms with Gasteiger partial charge in [0.2, 0.25) is 5.91 Å². The van der Waals surface area contributed by atoms with E-state index in [1.54, 1.807) is 24.4 Å². The Hall–Kier alpha value is -3.52. The Labute approximate surface area is 203 Å². The molecule has 0 aliphatic carbocycles. The fraction of sp³-hybridized carbons (Fsp3) is 0.308. The van der Waals surface area contributed by atoms with Gasteiger partial charge in [0.25, 0.3) is 0 Å². The van der Waals surface area contributed by atoms with E-state index in [4.69, 9.17) is 4.74 Å². The van der Waals surface area contributed by atoms with Crippen molar-refractivity contribution >= 4 is 34.6 Å². The largest absolute Gasteiger partial charge is 0.443 e. The van der Waals surface area contributed by atoms with Crippen molar-refractivity contribution < 1.29 is 14.3 Å². The molecule has 0 bridgehead atoms. The Kier molecular flexibility index (Phi) is 7.69. The van der Waals surface area contributed by atoms with Crippen LogP contribution in [0.4, 0.5) is 9.80 Å². The fourth-order valence-electron chi connectivity index (χ4n) is 4.01. The van der Waals surface area contributed by atoms with Gasteiger partial charge in [-0.1, -0.05) is 43.3 Å². The number of fused-ring (bicyclic) bond motifs is 1. The number of amides is 2. The van der Waals surface area contributed by atoms with Crippen LogP contribution >= 0.6 is 11.3 Å². The van der Waals surface area contributed by atoms with E-state index in [0.717, 1.165) is 26.6 Å². The molecule has 34 heavy (non-hydrogen) atoms. The third kappa shape index (κ3) is 5.69. The third-order valence-corrected chi connectivity index (χ3v) is 6.94. The molecule has 0 fully saturated rings. The van der Waals surface area contributed by atoms with Crippen LogP contribution in [-0.2, 0) is 29.1 Å². The second-order valence-corrected chi connectivity index (χ2v) is 9.35. The molecule has 1 aliphatic rings. The van der Waals surface area contributed by atoms with Crippen LogP contribution in [0.25, 0.3) is 0 Å². The monoisotopic (exact) mass is 476 g/mol. The number of nitrogens with zero attached hydrogens (tertiary/aromatic N) is 3. The summed E-state index contributed by atoms with van der Waals surface area (Å²) in [6, 6.07) is 15.5. The number of aromatic nitrogens is 1. The number of carbonyl (C=O) groups is 2. The Morgan fingerprint density at radius 3 is 2.76 bits per heavy atom. The summed E-state index contributed by atoms with van der Waals surface area (Å²) in [5.41, 5.74) is 3.92. The maximum absolute atomic E-state index is 12.8. The van der Waals surface area contributed by atoms with Gasteiger partial charge in [-0.15, -0.1) is 11.3 Å². The molecule has 3 heterocycles. The molecule has 3 aromatic rings. The molecule has 1 aliphatic heterocycles. The molecule has 8 heteroatoms. The molecule has 4 rings (SSSR count). The van der Waals surface area contributed by atoms with Crippen LogP contribution in [0.2, 0.25) is 0 Å². The molecule has 0 radical (unpaired) electrons. The number of thiophene rings is 1. The Morgan fingerprint density at radius 1 is 1.24 bits per heavy atom. The highest BCUT2D eigenvalue weighted by Crippen LogP contribution is 2.37. The second-order valence-electron chi connectivity index (χ2n) is 8.25. The summed E-state index contributed by atoms with van der Waals surface area (Å²) in [4.78, 5) is 36.6. The van der Waals surface area contributed by atoms with Crippen LogP contribution in [0.3, 0.4) is 0 Å². The number of hydrogen-bond acceptors (Lipinski definition) is 6. The number of pyridine rings is 1. The zero-order chi connectivity index (χ0) is 23.9. The van der Waals surface area contributed by atoms with Crippen molar-refractivity contribution in [2.24, 2.45) is 4.99 Å². The van der Waals surface area contributed by atoms with Crippen molar-refractivity contribution in [2.75, 3.05) is 18.9 Å². The molecule has 1 unspecified atom stereocenters. The first-order valence-electron chi connectivity index (χ1n) is 11.3. The summed E-state index contributed by atoms with van der Waals surface area (Å²) < 4.78 is 5.45. The molecule has 0 saturated heterocycles. The number of ether oxygens (including phenoxy) is 1. The highest BCUT2D eigenvalue weighted by molar-refractivity contribution is 7.16. The normalized spacial score (nSPS) is 14.0.